The number of carbonyl (C=O) groups is 8. The fourth-order valence-corrected chi connectivity index (χ4v) is 3.94. The molecule has 19 nitrogen and oxygen atoms in total. The molecule has 5 atom stereocenters. The number of rotatable bonds is 21. The standard InChI is InChI=1S/C26H39N7O12/c1-12(2)7-18(26(44)45)33-23(41)15(4-6-20(36)37)30-25(43)17(9-21(38)39)32-24(42)16(8-13-10-28-11-29-13)31-22(40)14(27)3-5-19(34)35/h10-12,14-18H,3-9,27H2,1-2H3,(H,28,29)(H,30,43)(H,31,40)(H,32,42)(H,33,41)(H,34,35)(H,36,37)(H,38,39)(H,44,45)/t14-,15-,16-,17-,18-/m0/s1. The number of carboxylic acids is 4. The van der Waals surface area contributed by atoms with Gasteiger partial charge in [0, 0.05) is 31.2 Å². The normalized spacial score (nSPS) is 14.2. The van der Waals surface area contributed by atoms with Gasteiger partial charge in [-0.1, -0.05) is 13.8 Å². The van der Waals surface area contributed by atoms with Crippen LogP contribution in [0.2, 0.25) is 0 Å². The van der Waals surface area contributed by atoms with Gasteiger partial charge in [0.25, 0.3) is 0 Å². The Morgan fingerprint density at radius 2 is 1.24 bits per heavy atom. The van der Waals surface area contributed by atoms with Crippen molar-refractivity contribution in [2.45, 2.75) is 89.0 Å². The van der Waals surface area contributed by atoms with E-state index in [1.165, 1.54) is 12.5 Å². The molecule has 11 N–H and O–H groups in total. The van der Waals surface area contributed by atoms with E-state index in [0.29, 0.717) is 5.69 Å². The molecule has 1 aromatic rings. The summed E-state index contributed by atoms with van der Waals surface area (Å²) in [6.07, 6.45) is -0.436. The average Bonchev–Trinajstić information content (AvgIpc) is 3.45. The third kappa shape index (κ3) is 14.8. The predicted molar refractivity (Wildman–Crippen MR) is 151 cm³/mol. The Labute approximate surface area is 256 Å². The first-order valence-corrected chi connectivity index (χ1v) is 13.8. The summed E-state index contributed by atoms with van der Waals surface area (Å²) in [5.74, 6) is -9.84. The summed E-state index contributed by atoms with van der Waals surface area (Å²) in [6.45, 7) is 3.41. The molecule has 1 rings (SSSR count). The number of aromatic nitrogens is 2. The molecule has 0 aromatic carbocycles. The molecule has 4 amide bonds. The summed E-state index contributed by atoms with van der Waals surface area (Å²) in [4.78, 5) is 104. The smallest absolute Gasteiger partial charge is 0.326 e. The van der Waals surface area contributed by atoms with Crippen LogP contribution in [0.5, 0.6) is 0 Å². The number of aromatic amines is 1. The monoisotopic (exact) mass is 641 g/mol. The van der Waals surface area contributed by atoms with Crippen molar-refractivity contribution < 1.29 is 58.8 Å². The Morgan fingerprint density at radius 1 is 0.733 bits per heavy atom. The van der Waals surface area contributed by atoms with Gasteiger partial charge in [0.2, 0.25) is 23.6 Å². The molecule has 0 aliphatic carbocycles. The van der Waals surface area contributed by atoms with E-state index >= 15 is 0 Å². The lowest BCUT2D eigenvalue weighted by atomic mass is 10.0. The fraction of sp³-hybridized carbons (Fsp3) is 0.577. The summed E-state index contributed by atoms with van der Waals surface area (Å²) >= 11 is 0. The van der Waals surface area contributed by atoms with Crippen LogP contribution in [0.4, 0.5) is 0 Å². The third-order valence-corrected chi connectivity index (χ3v) is 6.23. The highest BCUT2D eigenvalue weighted by atomic mass is 16.4. The second-order valence-electron chi connectivity index (χ2n) is 10.6. The summed E-state index contributed by atoms with van der Waals surface area (Å²) in [5, 5.41) is 45.7. The number of hydrogen-bond donors (Lipinski definition) is 10. The first kappa shape index (κ1) is 38.0. The highest BCUT2D eigenvalue weighted by Gasteiger charge is 2.33. The number of carboxylic acid groups (broad SMARTS) is 4. The molecular weight excluding hydrogens is 602 g/mol. The Balaban J connectivity index is 3.20. The molecule has 0 unspecified atom stereocenters. The van der Waals surface area contributed by atoms with Crippen LogP contribution in [0.3, 0.4) is 0 Å². The molecular formula is C26H39N7O12. The zero-order valence-corrected chi connectivity index (χ0v) is 24.6. The summed E-state index contributed by atoms with van der Waals surface area (Å²) < 4.78 is 0. The summed E-state index contributed by atoms with van der Waals surface area (Å²) in [5.41, 5.74) is 6.07. The number of aliphatic carboxylic acids is 4. The topological polar surface area (TPSA) is 320 Å². The van der Waals surface area contributed by atoms with Crippen molar-refractivity contribution in [3.8, 4) is 0 Å². The van der Waals surface area contributed by atoms with Gasteiger partial charge in [-0.2, -0.15) is 0 Å². The van der Waals surface area contributed by atoms with Crippen LogP contribution in [0.15, 0.2) is 12.5 Å². The molecule has 250 valence electrons. The maximum atomic E-state index is 13.3. The lowest BCUT2D eigenvalue weighted by Crippen LogP contribution is -2.59. The van der Waals surface area contributed by atoms with E-state index in [0.717, 1.165) is 0 Å². The van der Waals surface area contributed by atoms with Crippen LogP contribution in [-0.2, 0) is 44.8 Å². The lowest BCUT2D eigenvalue weighted by molar-refractivity contribution is -0.144. The zero-order chi connectivity index (χ0) is 34.3. The third-order valence-electron chi connectivity index (χ3n) is 6.23. The maximum absolute atomic E-state index is 13.3. The number of nitrogens with zero attached hydrogens (tertiary/aromatic N) is 1. The van der Waals surface area contributed by atoms with Crippen LogP contribution in [0, 0.1) is 5.92 Å². The minimum Gasteiger partial charge on any atom is -0.481 e. The average molecular weight is 642 g/mol. The summed E-state index contributed by atoms with van der Waals surface area (Å²) in [7, 11) is 0. The van der Waals surface area contributed by atoms with Crippen molar-refractivity contribution in [1.29, 1.82) is 0 Å². The number of nitrogens with two attached hydrogens (primary N) is 1. The highest BCUT2D eigenvalue weighted by Crippen LogP contribution is 2.08. The number of hydrogen-bond acceptors (Lipinski definition) is 10. The van der Waals surface area contributed by atoms with Crippen molar-refractivity contribution in [3.05, 3.63) is 18.2 Å². The first-order chi connectivity index (χ1) is 21.0. The minimum absolute atomic E-state index is 0.0156. The van der Waals surface area contributed by atoms with Gasteiger partial charge < -0.3 is 52.4 Å². The number of carbonyl (C=O) groups excluding carboxylic acids is 4. The Bertz CT molecular complexity index is 1220. The van der Waals surface area contributed by atoms with Gasteiger partial charge >= 0.3 is 23.9 Å². The fourth-order valence-electron chi connectivity index (χ4n) is 3.94. The van der Waals surface area contributed by atoms with Crippen molar-refractivity contribution in [3.63, 3.8) is 0 Å². The van der Waals surface area contributed by atoms with Crippen LogP contribution in [0.25, 0.3) is 0 Å². The van der Waals surface area contributed by atoms with Crippen molar-refractivity contribution >= 4 is 47.5 Å². The first-order valence-electron chi connectivity index (χ1n) is 13.8. The number of imidazole rings is 1. The molecule has 0 fully saturated rings. The zero-order valence-electron chi connectivity index (χ0n) is 24.6. The molecule has 0 aliphatic rings. The van der Waals surface area contributed by atoms with Crippen molar-refractivity contribution in [1.82, 2.24) is 31.2 Å². The second-order valence-corrected chi connectivity index (χ2v) is 10.6. The van der Waals surface area contributed by atoms with Gasteiger partial charge in [-0.05, 0) is 25.2 Å². The SMILES string of the molecule is CC(C)C[C@H](NC(=O)[C@H](CCC(=O)O)NC(=O)[C@H](CC(=O)O)NC(=O)[C@H](Cc1cnc[nH]1)NC(=O)[C@@H](N)CCC(=O)O)C(=O)O. The van der Waals surface area contributed by atoms with E-state index < -0.39 is 103 Å². The van der Waals surface area contributed by atoms with E-state index in [-0.39, 0.29) is 25.2 Å². The quantitative estimate of drug-likeness (QED) is 0.0666. The van der Waals surface area contributed by atoms with Crippen LogP contribution >= 0.6 is 0 Å². The van der Waals surface area contributed by atoms with Crippen molar-refractivity contribution in [2.75, 3.05) is 0 Å². The van der Waals surface area contributed by atoms with E-state index in [2.05, 4.69) is 31.2 Å². The Hall–Kier alpha value is -5.07. The molecule has 0 aliphatic heterocycles. The Morgan fingerprint density at radius 3 is 1.76 bits per heavy atom. The number of amides is 4. The number of nitrogens with one attached hydrogen (secondary N) is 5. The molecule has 19 heteroatoms. The van der Waals surface area contributed by atoms with Crippen LogP contribution in [0.1, 0.15) is 58.1 Å². The second kappa shape index (κ2) is 18.6. The maximum Gasteiger partial charge on any atom is 0.326 e. The molecule has 0 spiro atoms. The number of H-pyrrole nitrogens is 1. The highest BCUT2D eigenvalue weighted by molar-refractivity contribution is 5.97. The Kier molecular flexibility index (Phi) is 15.7. The molecule has 0 radical (unpaired) electrons. The largest absolute Gasteiger partial charge is 0.481 e. The van der Waals surface area contributed by atoms with Gasteiger partial charge in [0.15, 0.2) is 0 Å². The summed E-state index contributed by atoms with van der Waals surface area (Å²) in [6, 6.07) is -7.62. The van der Waals surface area contributed by atoms with Crippen molar-refractivity contribution in [2.24, 2.45) is 11.7 Å². The van der Waals surface area contributed by atoms with Gasteiger partial charge in [-0.3, -0.25) is 33.6 Å². The van der Waals surface area contributed by atoms with E-state index in [1.807, 2.05) is 0 Å². The van der Waals surface area contributed by atoms with Gasteiger partial charge in [-0.15, -0.1) is 0 Å². The molecule has 0 bridgehead atoms. The van der Waals surface area contributed by atoms with Gasteiger partial charge in [0.1, 0.15) is 24.2 Å². The van der Waals surface area contributed by atoms with E-state index in [9.17, 15) is 48.6 Å². The van der Waals surface area contributed by atoms with Gasteiger partial charge in [-0.25, -0.2) is 9.78 Å². The molecule has 1 heterocycles. The molecule has 45 heavy (non-hydrogen) atoms. The predicted octanol–water partition coefficient (Wildman–Crippen LogP) is -2.45. The molecule has 0 saturated carbocycles. The lowest BCUT2D eigenvalue weighted by Gasteiger charge is -2.26. The van der Waals surface area contributed by atoms with Crippen LogP contribution in [-0.4, -0.2) is 108 Å². The van der Waals surface area contributed by atoms with E-state index in [4.69, 9.17) is 15.9 Å². The van der Waals surface area contributed by atoms with Crippen LogP contribution < -0.4 is 27.0 Å². The van der Waals surface area contributed by atoms with Gasteiger partial charge in [0.05, 0.1) is 18.8 Å². The van der Waals surface area contributed by atoms with E-state index in [1.54, 1.807) is 13.8 Å². The molecule has 0 saturated heterocycles. The minimum atomic E-state index is -1.84. The molecule has 1 aromatic heterocycles.